The summed E-state index contributed by atoms with van der Waals surface area (Å²) in [5, 5.41) is 4.36. The van der Waals surface area contributed by atoms with Crippen molar-refractivity contribution in [2.45, 2.75) is 39.0 Å². The molecule has 0 amide bonds. The van der Waals surface area contributed by atoms with Crippen molar-refractivity contribution in [3.63, 3.8) is 0 Å². The van der Waals surface area contributed by atoms with Gasteiger partial charge < -0.3 is 10.1 Å². The molecule has 2 aromatic carbocycles. The highest BCUT2D eigenvalue weighted by Gasteiger charge is 2.22. The van der Waals surface area contributed by atoms with Crippen LogP contribution in [0.4, 0.5) is 0 Å². The lowest BCUT2D eigenvalue weighted by atomic mass is 10.1. The Morgan fingerprint density at radius 3 is 2.92 bits per heavy atom. The van der Waals surface area contributed by atoms with Crippen molar-refractivity contribution >= 4 is 11.6 Å². The van der Waals surface area contributed by atoms with Crippen molar-refractivity contribution in [2.75, 3.05) is 19.6 Å². The number of ether oxygens (including phenoxy) is 1. The minimum Gasteiger partial charge on any atom is -0.489 e. The summed E-state index contributed by atoms with van der Waals surface area (Å²) in [5.74, 6) is 0.939. The Morgan fingerprint density at radius 1 is 1.20 bits per heavy atom. The first kappa shape index (κ1) is 18.2. The quantitative estimate of drug-likeness (QED) is 0.752. The summed E-state index contributed by atoms with van der Waals surface area (Å²) in [7, 11) is 0. The Bertz CT molecular complexity index is 676. The highest BCUT2D eigenvalue weighted by Crippen LogP contribution is 2.21. The molecule has 0 aromatic heterocycles. The van der Waals surface area contributed by atoms with Crippen LogP contribution in [0.5, 0.6) is 5.75 Å². The van der Waals surface area contributed by atoms with Gasteiger partial charge in [0.1, 0.15) is 12.4 Å². The van der Waals surface area contributed by atoms with Crippen molar-refractivity contribution in [3.8, 4) is 5.75 Å². The number of hydrogen-bond donors (Lipinski definition) is 1. The average molecular weight is 359 g/mol. The molecule has 0 saturated carbocycles. The summed E-state index contributed by atoms with van der Waals surface area (Å²) in [6.45, 7) is 7.03. The Hall–Kier alpha value is -1.55. The van der Waals surface area contributed by atoms with E-state index in [-0.39, 0.29) is 0 Å². The first-order valence-corrected chi connectivity index (χ1v) is 9.54. The smallest absolute Gasteiger partial charge is 0.124 e. The van der Waals surface area contributed by atoms with Crippen LogP contribution in [-0.2, 0) is 13.2 Å². The molecule has 1 aliphatic heterocycles. The molecule has 1 heterocycles. The molecule has 134 valence electrons. The van der Waals surface area contributed by atoms with E-state index < -0.39 is 0 Å². The first-order chi connectivity index (χ1) is 12.3. The molecule has 4 heteroatoms. The molecular formula is C21H27ClN2O. The topological polar surface area (TPSA) is 24.5 Å². The molecule has 25 heavy (non-hydrogen) atoms. The lowest BCUT2D eigenvalue weighted by molar-refractivity contribution is 0.259. The zero-order chi connectivity index (χ0) is 17.5. The lowest BCUT2D eigenvalue weighted by Crippen LogP contribution is -2.37. The van der Waals surface area contributed by atoms with Gasteiger partial charge >= 0.3 is 0 Å². The Morgan fingerprint density at radius 2 is 2.08 bits per heavy atom. The summed E-state index contributed by atoms with van der Waals surface area (Å²) in [5.41, 5.74) is 2.28. The molecule has 1 aliphatic rings. The highest BCUT2D eigenvalue weighted by molar-refractivity contribution is 6.30. The summed E-state index contributed by atoms with van der Waals surface area (Å²) >= 11 is 6.04. The second-order valence-corrected chi connectivity index (χ2v) is 7.02. The largest absolute Gasteiger partial charge is 0.489 e. The van der Waals surface area contributed by atoms with E-state index >= 15 is 0 Å². The van der Waals surface area contributed by atoms with Gasteiger partial charge in [-0.3, -0.25) is 4.90 Å². The van der Waals surface area contributed by atoms with Gasteiger partial charge in [-0.05, 0) is 49.7 Å². The van der Waals surface area contributed by atoms with Gasteiger partial charge in [0.05, 0.1) is 0 Å². The standard InChI is InChI=1S/C21H27ClN2O/c1-2-24-12-6-10-20(24)15-23-14-18-8-3-4-11-21(18)25-16-17-7-5-9-19(22)13-17/h3-5,7-9,11,13,20,23H,2,6,10,12,14-16H2,1H3/t20-/m1/s1. The maximum atomic E-state index is 6.04. The molecule has 3 rings (SSSR count). The minimum atomic E-state index is 0.532. The molecule has 0 bridgehead atoms. The van der Waals surface area contributed by atoms with Crippen LogP contribution in [0.2, 0.25) is 5.02 Å². The van der Waals surface area contributed by atoms with Gasteiger partial charge in [0.25, 0.3) is 0 Å². The number of halogens is 1. The Labute approximate surface area is 155 Å². The fourth-order valence-electron chi connectivity index (χ4n) is 3.49. The predicted molar refractivity (Wildman–Crippen MR) is 104 cm³/mol. The van der Waals surface area contributed by atoms with Crippen molar-refractivity contribution in [3.05, 3.63) is 64.7 Å². The maximum Gasteiger partial charge on any atom is 0.124 e. The van der Waals surface area contributed by atoms with E-state index in [1.165, 1.54) is 24.9 Å². The molecular weight excluding hydrogens is 332 g/mol. The van der Waals surface area contributed by atoms with Crippen LogP contribution < -0.4 is 10.1 Å². The van der Waals surface area contributed by atoms with E-state index in [9.17, 15) is 0 Å². The zero-order valence-electron chi connectivity index (χ0n) is 14.9. The van der Waals surface area contributed by atoms with Crippen LogP contribution in [0, 0.1) is 0 Å². The zero-order valence-corrected chi connectivity index (χ0v) is 15.6. The van der Waals surface area contributed by atoms with E-state index in [4.69, 9.17) is 16.3 Å². The fraction of sp³-hybridized carbons (Fsp3) is 0.429. The molecule has 2 aromatic rings. The summed E-state index contributed by atoms with van der Waals surface area (Å²) in [6, 6.07) is 16.7. The van der Waals surface area contributed by atoms with Crippen LogP contribution >= 0.6 is 11.6 Å². The molecule has 1 N–H and O–H groups in total. The monoisotopic (exact) mass is 358 g/mol. The van der Waals surface area contributed by atoms with Crippen molar-refractivity contribution in [1.82, 2.24) is 10.2 Å². The molecule has 1 saturated heterocycles. The number of likely N-dealkylation sites (N-methyl/N-ethyl adjacent to an activating group) is 1. The van der Waals surface area contributed by atoms with Crippen LogP contribution in [0.1, 0.15) is 30.9 Å². The SMILES string of the molecule is CCN1CCC[C@@H]1CNCc1ccccc1OCc1cccc(Cl)c1. The molecule has 0 unspecified atom stereocenters. The van der Waals surface area contributed by atoms with E-state index in [1.807, 2.05) is 36.4 Å². The van der Waals surface area contributed by atoms with Crippen molar-refractivity contribution in [2.24, 2.45) is 0 Å². The number of rotatable bonds is 8. The van der Waals surface area contributed by atoms with Gasteiger partial charge in [0.15, 0.2) is 0 Å². The van der Waals surface area contributed by atoms with Gasteiger partial charge in [-0.1, -0.05) is 48.9 Å². The fourth-order valence-corrected chi connectivity index (χ4v) is 3.71. The molecule has 3 nitrogen and oxygen atoms in total. The van der Waals surface area contributed by atoms with Gasteiger partial charge in [-0.2, -0.15) is 0 Å². The van der Waals surface area contributed by atoms with E-state index in [2.05, 4.69) is 29.3 Å². The average Bonchev–Trinajstić information content (AvgIpc) is 3.08. The minimum absolute atomic E-state index is 0.532. The molecule has 0 radical (unpaired) electrons. The molecule has 1 fully saturated rings. The summed E-state index contributed by atoms with van der Waals surface area (Å²) in [4.78, 5) is 2.56. The van der Waals surface area contributed by atoms with Gasteiger partial charge in [-0.25, -0.2) is 0 Å². The van der Waals surface area contributed by atoms with Crippen molar-refractivity contribution < 1.29 is 4.74 Å². The Kier molecular flexibility index (Phi) is 6.74. The van der Waals surface area contributed by atoms with E-state index in [0.29, 0.717) is 12.6 Å². The van der Waals surface area contributed by atoms with Gasteiger partial charge in [0, 0.05) is 29.7 Å². The van der Waals surface area contributed by atoms with Crippen LogP contribution in [-0.4, -0.2) is 30.6 Å². The Balaban J connectivity index is 1.53. The summed E-state index contributed by atoms with van der Waals surface area (Å²) < 4.78 is 6.03. The molecule has 0 aliphatic carbocycles. The number of likely N-dealkylation sites (tertiary alicyclic amines) is 1. The first-order valence-electron chi connectivity index (χ1n) is 9.16. The predicted octanol–water partition coefficient (Wildman–Crippen LogP) is 4.49. The van der Waals surface area contributed by atoms with Crippen LogP contribution in [0.15, 0.2) is 48.5 Å². The lowest BCUT2D eigenvalue weighted by Gasteiger charge is -2.23. The third kappa shape index (κ3) is 5.21. The van der Waals surface area contributed by atoms with E-state index in [0.717, 1.165) is 36.0 Å². The third-order valence-electron chi connectivity index (χ3n) is 4.86. The van der Waals surface area contributed by atoms with Crippen LogP contribution in [0.3, 0.4) is 0 Å². The molecule has 1 atom stereocenters. The normalized spacial score (nSPS) is 17.8. The number of hydrogen-bond acceptors (Lipinski definition) is 3. The van der Waals surface area contributed by atoms with E-state index in [1.54, 1.807) is 0 Å². The van der Waals surface area contributed by atoms with Crippen LogP contribution in [0.25, 0.3) is 0 Å². The maximum absolute atomic E-state index is 6.04. The summed E-state index contributed by atoms with van der Waals surface area (Å²) in [6.07, 6.45) is 2.62. The van der Waals surface area contributed by atoms with Gasteiger partial charge in [-0.15, -0.1) is 0 Å². The highest BCUT2D eigenvalue weighted by atomic mass is 35.5. The third-order valence-corrected chi connectivity index (χ3v) is 5.09. The second-order valence-electron chi connectivity index (χ2n) is 6.58. The second kappa shape index (κ2) is 9.23. The number of para-hydroxylation sites is 1. The number of nitrogens with zero attached hydrogens (tertiary/aromatic N) is 1. The van der Waals surface area contributed by atoms with Crippen molar-refractivity contribution in [1.29, 1.82) is 0 Å². The number of nitrogens with one attached hydrogen (secondary N) is 1. The van der Waals surface area contributed by atoms with Gasteiger partial charge in [0.2, 0.25) is 0 Å². The molecule has 0 spiro atoms. The number of benzene rings is 2.